The van der Waals surface area contributed by atoms with Gasteiger partial charge in [-0.1, -0.05) is 30.3 Å². The molecule has 0 atom stereocenters. The largest absolute Gasteiger partial charge is 0.384 e. The molecule has 23 heavy (non-hydrogen) atoms. The highest BCUT2D eigenvalue weighted by atomic mass is 16.5. The van der Waals surface area contributed by atoms with Gasteiger partial charge in [-0.2, -0.15) is 0 Å². The Labute approximate surface area is 140 Å². The molecule has 1 aromatic carbocycles. The van der Waals surface area contributed by atoms with Gasteiger partial charge in [0.25, 0.3) is 0 Å². The molecule has 0 unspecified atom stereocenters. The molecule has 1 amide bonds. The normalized spacial score (nSPS) is 17.0. The van der Waals surface area contributed by atoms with Crippen LogP contribution >= 0.6 is 0 Å². The second-order valence-electron chi connectivity index (χ2n) is 6.63. The zero-order valence-corrected chi connectivity index (χ0v) is 14.5. The van der Waals surface area contributed by atoms with Crippen molar-refractivity contribution in [3.8, 4) is 0 Å². The van der Waals surface area contributed by atoms with Crippen LogP contribution in [0.3, 0.4) is 0 Å². The fraction of sp³-hybridized carbons (Fsp3) is 0.632. The summed E-state index contributed by atoms with van der Waals surface area (Å²) in [6.07, 6.45) is 4.97. The summed E-state index contributed by atoms with van der Waals surface area (Å²) in [5.74, 6) is 0.251. The Morgan fingerprint density at radius 1 is 1.22 bits per heavy atom. The summed E-state index contributed by atoms with van der Waals surface area (Å²) in [6.45, 7) is 3.15. The molecule has 1 aliphatic rings. The molecule has 0 radical (unpaired) electrons. The number of unbranched alkanes of at least 4 members (excludes halogenated alkanes) is 1. The molecule has 0 aromatic heterocycles. The van der Waals surface area contributed by atoms with E-state index in [1.54, 1.807) is 7.11 Å². The standard InChI is InChI=1S/C19H30N2O2/c1-21(15-7-6-10-17-8-4-3-5-9-17)18(22)19(16-23-2)11-13-20-14-12-19/h3-5,8-9,20H,6-7,10-16H2,1-2H3. The number of carbonyl (C=O) groups excluding carboxylic acids is 1. The van der Waals surface area contributed by atoms with E-state index < -0.39 is 0 Å². The Hall–Kier alpha value is -1.39. The van der Waals surface area contributed by atoms with Gasteiger partial charge in [-0.3, -0.25) is 4.79 Å². The van der Waals surface area contributed by atoms with Crippen LogP contribution in [-0.4, -0.2) is 51.2 Å². The zero-order chi connectivity index (χ0) is 16.5. The third-order valence-electron chi connectivity index (χ3n) is 4.83. The molecule has 2 rings (SSSR count). The second kappa shape index (κ2) is 9.04. The van der Waals surface area contributed by atoms with Gasteiger partial charge in [-0.05, 0) is 50.8 Å². The Morgan fingerprint density at radius 3 is 2.57 bits per heavy atom. The van der Waals surface area contributed by atoms with Crippen molar-refractivity contribution in [2.45, 2.75) is 32.1 Å². The van der Waals surface area contributed by atoms with Crippen molar-refractivity contribution in [2.75, 3.05) is 40.4 Å². The molecule has 1 aromatic rings. The number of hydrogen-bond donors (Lipinski definition) is 1. The zero-order valence-electron chi connectivity index (χ0n) is 14.5. The minimum atomic E-state index is -0.325. The summed E-state index contributed by atoms with van der Waals surface area (Å²) in [5.41, 5.74) is 1.05. The highest BCUT2D eigenvalue weighted by molar-refractivity contribution is 5.82. The number of carbonyl (C=O) groups is 1. The van der Waals surface area contributed by atoms with Crippen LogP contribution < -0.4 is 5.32 Å². The molecular formula is C19H30N2O2. The Balaban J connectivity index is 1.79. The summed E-state index contributed by atoms with van der Waals surface area (Å²) in [5, 5.41) is 3.34. The summed E-state index contributed by atoms with van der Waals surface area (Å²) in [4.78, 5) is 14.8. The molecule has 0 aliphatic carbocycles. The number of nitrogens with one attached hydrogen (secondary N) is 1. The summed E-state index contributed by atoms with van der Waals surface area (Å²) < 4.78 is 5.36. The lowest BCUT2D eigenvalue weighted by Crippen LogP contribution is -2.50. The van der Waals surface area contributed by atoms with Gasteiger partial charge in [0.1, 0.15) is 0 Å². The molecular weight excluding hydrogens is 288 g/mol. The minimum Gasteiger partial charge on any atom is -0.384 e. The monoisotopic (exact) mass is 318 g/mol. The van der Waals surface area contributed by atoms with Gasteiger partial charge in [-0.15, -0.1) is 0 Å². The molecule has 4 nitrogen and oxygen atoms in total. The van der Waals surface area contributed by atoms with Crippen molar-refractivity contribution in [3.63, 3.8) is 0 Å². The lowest BCUT2D eigenvalue weighted by atomic mass is 9.78. The number of nitrogens with zero attached hydrogens (tertiary/aromatic N) is 1. The number of piperidine rings is 1. The smallest absolute Gasteiger partial charge is 0.230 e. The van der Waals surface area contributed by atoms with Crippen LogP contribution in [0.4, 0.5) is 0 Å². The summed E-state index contributed by atoms with van der Waals surface area (Å²) in [7, 11) is 3.63. The maximum Gasteiger partial charge on any atom is 0.230 e. The van der Waals surface area contributed by atoms with Crippen LogP contribution in [0.1, 0.15) is 31.2 Å². The van der Waals surface area contributed by atoms with Gasteiger partial charge in [0.2, 0.25) is 5.91 Å². The van der Waals surface area contributed by atoms with Crippen LogP contribution in [0.25, 0.3) is 0 Å². The minimum absolute atomic E-state index is 0.251. The molecule has 0 spiro atoms. The van der Waals surface area contributed by atoms with Gasteiger partial charge in [0.05, 0.1) is 12.0 Å². The second-order valence-corrected chi connectivity index (χ2v) is 6.63. The van der Waals surface area contributed by atoms with Crippen molar-refractivity contribution < 1.29 is 9.53 Å². The van der Waals surface area contributed by atoms with Crippen LogP contribution in [0, 0.1) is 5.41 Å². The van der Waals surface area contributed by atoms with E-state index in [4.69, 9.17) is 4.74 Å². The number of aryl methyl sites for hydroxylation is 1. The van der Waals surface area contributed by atoms with E-state index in [0.29, 0.717) is 6.61 Å². The van der Waals surface area contributed by atoms with Crippen LogP contribution in [0.5, 0.6) is 0 Å². The molecule has 1 saturated heterocycles. The topological polar surface area (TPSA) is 41.6 Å². The SMILES string of the molecule is COCC1(C(=O)N(C)CCCCc2ccccc2)CCNCC1. The van der Waals surface area contributed by atoms with Gasteiger partial charge in [0.15, 0.2) is 0 Å². The summed E-state index contributed by atoms with van der Waals surface area (Å²) in [6, 6.07) is 10.5. The number of ether oxygens (including phenoxy) is 1. The van der Waals surface area contributed by atoms with Crippen LogP contribution in [0.2, 0.25) is 0 Å². The van der Waals surface area contributed by atoms with Gasteiger partial charge in [0, 0.05) is 20.7 Å². The third-order valence-corrected chi connectivity index (χ3v) is 4.83. The van der Waals surface area contributed by atoms with E-state index in [1.807, 2.05) is 18.0 Å². The lowest BCUT2D eigenvalue weighted by molar-refractivity contribution is -0.146. The van der Waals surface area contributed by atoms with E-state index in [2.05, 4.69) is 29.6 Å². The fourth-order valence-corrected chi connectivity index (χ4v) is 3.43. The van der Waals surface area contributed by atoms with Gasteiger partial charge >= 0.3 is 0 Å². The Bertz CT molecular complexity index is 464. The Kier molecular flexibility index (Phi) is 7.06. The average molecular weight is 318 g/mol. The number of benzene rings is 1. The van der Waals surface area contributed by atoms with Gasteiger partial charge < -0.3 is 15.0 Å². The maximum atomic E-state index is 12.9. The van der Waals surface area contributed by atoms with E-state index >= 15 is 0 Å². The van der Waals surface area contributed by atoms with E-state index in [1.165, 1.54) is 5.56 Å². The predicted octanol–water partition coefficient (Wildman–Crippen LogP) is 2.48. The van der Waals surface area contributed by atoms with Gasteiger partial charge in [-0.25, -0.2) is 0 Å². The quantitative estimate of drug-likeness (QED) is 0.749. The molecule has 1 heterocycles. The maximum absolute atomic E-state index is 12.9. The first kappa shape index (κ1) is 18.0. The Morgan fingerprint density at radius 2 is 1.91 bits per heavy atom. The average Bonchev–Trinajstić information content (AvgIpc) is 2.60. The number of rotatable bonds is 8. The first-order valence-corrected chi connectivity index (χ1v) is 8.67. The first-order chi connectivity index (χ1) is 11.2. The van der Waals surface area contributed by atoms with Crippen LogP contribution in [0.15, 0.2) is 30.3 Å². The number of hydrogen-bond acceptors (Lipinski definition) is 3. The fourth-order valence-electron chi connectivity index (χ4n) is 3.43. The molecule has 1 aliphatic heterocycles. The molecule has 128 valence electrons. The van der Waals surface area contributed by atoms with Crippen molar-refractivity contribution >= 4 is 5.91 Å². The van der Waals surface area contributed by atoms with E-state index in [9.17, 15) is 4.79 Å². The predicted molar refractivity (Wildman–Crippen MR) is 93.4 cm³/mol. The van der Waals surface area contributed by atoms with Crippen molar-refractivity contribution in [2.24, 2.45) is 5.41 Å². The molecule has 4 heteroatoms. The number of methoxy groups -OCH3 is 1. The molecule has 0 bridgehead atoms. The van der Waals surface area contributed by atoms with E-state index in [0.717, 1.165) is 51.7 Å². The molecule has 1 fully saturated rings. The highest BCUT2D eigenvalue weighted by Crippen LogP contribution is 2.31. The van der Waals surface area contributed by atoms with Crippen LogP contribution in [-0.2, 0) is 16.0 Å². The highest BCUT2D eigenvalue weighted by Gasteiger charge is 2.41. The van der Waals surface area contributed by atoms with Crippen molar-refractivity contribution in [3.05, 3.63) is 35.9 Å². The van der Waals surface area contributed by atoms with E-state index in [-0.39, 0.29) is 11.3 Å². The summed E-state index contributed by atoms with van der Waals surface area (Å²) >= 11 is 0. The third kappa shape index (κ3) is 5.05. The molecule has 0 saturated carbocycles. The van der Waals surface area contributed by atoms with Crippen molar-refractivity contribution in [1.82, 2.24) is 10.2 Å². The molecule has 1 N–H and O–H groups in total. The first-order valence-electron chi connectivity index (χ1n) is 8.67. The number of amides is 1. The lowest BCUT2D eigenvalue weighted by Gasteiger charge is -2.38. The van der Waals surface area contributed by atoms with Crippen molar-refractivity contribution in [1.29, 1.82) is 0 Å².